The van der Waals surface area contributed by atoms with Gasteiger partial charge in [0.05, 0.1) is 0 Å². The fraction of sp³-hybridized carbons (Fsp3) is 0.714. The second-order valence-electron chi connectivity index (χ2n) is 2.09. The van der Waals surface area contributed by atoms with Gasteiger partial charge in [0, 0.05) is 15.4 Å². The molecule has 0 radical (unpaired) electrons. The summed E-state index contributed by atoms with van der Waals surface area (Å²) in [4.78, 5) is 0. The summed E-state index contributed by atoms with van der Waals surface area (Å²) in [5.41, 5.74) is 2.35. The summed E-state index contributed by atoms with van der Waals surface area (Å²) in [7, 11) is 0.0785. The van der Waals surface area contributed by atoms with E-state index in [9.17, 15) is 0 Å². The van der Waals surface area contributed by atoms with E-state index in [-0.39, 0.29) is 9.52 Å². The maximum Gasteiger partial charge on any atom is 0.0461 e. The minimum Gasteiger partial charge on any atom is -0.127 e. The largest absolute Gasteiger partial charge is 0.127 e. The van der Waals surface area contributed by atoms with Crippen molar-refractivity contribution in [2.24, 2.45) is 0 Å². The van der Waals surface area contributed by atoms with E-state index < -0.39 is 0 Å². The molecule has 0 heterocycles. The summed E-state index contributed by atoms with van der Waals surface area (Å²) < 4.78 is 0. The minimum absolute atomic E-state index is 0.0785. The highest BCUT2D eigenvalue weighted by molar-refractivity contribution is 6.43. The highest BCUT2D eigenvalue weighted by Crippen LogP contribution is 1.89. The van der Waals surface area contributed by atoms with Gasteiger partial charge in [-0.2, -0.15) is 0 Å². The van der Waals surface area contributed by atoms with Crippen molar-refractivity contribution < 1.29 is 0 Å². The Labute approximate surface area is 65.1 Å². The standard InChI is InChI=1S/C7H15ClSi/c1-2-3-4-6-9-7-5-8/h4,6H,2-3,5,7,9H2,1H3. The number of allylic oxidation sites excluding steroid dienone is 1. The van der Waals surface area contributed by atoms with Crippen LogP contribution < -0.4 is 0 Å². The molecule has 0 rings (SSSR count). The van der Waals surface area contributed by atoms with Crippen LogP contribution in [0.3, 0.4) is 0 Å². The topological polar surface area (TPSA) is 0 Å². The molecule has 2 heteroatoms. The van der Waals surface area contributed by atoms with E-state index in [4.69, 9.17) is 11.6 Å². The van der Waals surface area contributed by atoms with Crippen molar-refractivity contribution in [3.05, 3.63) is 11.8 Å². The highest BCUT2D eigenvalue weighted by atomic mass is 35.5. The lowest BCUT2D eigenvalue weighted by Crippen LogP contribution is -1.83. The number of rotatable bonds is 5. The van der Waals surface area contributed by atoms with Crippen molar-refractivity contribution in [1.29, 1.82) is 0 Å². The van der Waals surface area contributed by atoms with Crippen LogP contribution in [-0.4, -0.2) is 15.4 Å². The molecule has 0 aromatic rings. The van der Waals surface area contributed by atoms with Crippen molar-refractivity contribution in [2.45, 2.75) is 25.8 Å². The van der Waals surface area contributed by atoms with Gasteiger partial charge in [-0.25, -0.2) is 0 Å². The molecule has 0 N–H and O–H groups in total. The molecule has 0 unspecified atom stereocenters. The monoisotopic (exact) mass is 162 g/mol. The molecule has 0 bridgehead atoms. The number of unbranched alkanes of at least 4 members (excludes halogenated alkanes) is 1. The Bertz CT molecular complexity index is 71.3. The Hall–Kier alpha value is 0.247. The molecular weight excluding hydrogens is 148 g/mol. The predicted molar refractivity (Wildman–Crippen MR) is 48.1 cm³/mol. The zero-order valence-corrected chi connectivity index (χ0v) is 8.24. The van der Waals surface area contributed by atoms with Crippen LogP contribution in [0.25, 0.3) is 0 Å². The lowest BCUT2D eigenvalue weighted by atomic mass is 10.3. The first-order chi connectivity index (χ1) is 4.41. The third-order valence-electron chi connectivity index (χ3n) is 1.13. The van der Waals surface area contributed by atoms with Gasteiger partial charge in [-0.1, -0.05) is 19.4 Å². The zero-order chi connectivity index (χ0) is 6.95. The molecule has 0 saturated heterocycles. The predicted octanol–water partition coefficient (Wildman–Crippen LogP) is 2.13. The van der Waals surface area contributed by atoms with E-state index >= 15 is 0 Å². The van der Waals surface area contributed by atoms with Crippen LogP contribution in [-0.2, 0) is 0 Å². The SMILES string of the molecule is CCCC=C[SiH2]CCCl. The molecule has 0 aliphatic rings. The molecule has 0 aliphatic carbocycles. The van der Waals surface area contributed by atoms with Crippen LogP contribution >= 0.6 is 11.6 Å². The number of hydrogen-bond acceptors (Lipinski definition) is 0. The maximum atomic E-state index is 5.52. The molecule has 0 fully saturated rings. The summed E-state index contributed by atoms with van der Waals surface area (Å²) in [6.45, 7) is 2.20. The van der Waals surface area contributed by atoms with Gasteiger partial charge in [0.25, 0.3) is 0 Å². The van der Waals surface area contributed by atoms with Gasteiger partial charge >= 0.3 is 0 Å². The lowest BCUT2D eigenvalue weighted by Gasteiger charge is -1.85. The molecule has 0 spiro atoms. The van der Waals surface area contributed by atoms with Crippen molar-refractivity contribution >= 4 is 21.1 Å². The smallest absolute Gasteiger partial charge is 0.0461 e. The van der Waals surface area contributed by atoms with E-state index in [0.717, 1.165) is 5.88 Å². The summed E-state index contributed by atoms with van der Waals surface area (Å²) >= 11 is 5.52. The van der Waals surface area contributed by atoms with Crippen LogP contribution in [0.1, 0.15) is 19.8 Å². The van der Waals surface area contributed by atoms with Gasteiger partial charge in [0.15, 0.2) is 0 Å². The molecule has 0 aromatic heterocycles. The Morgan fingerprint density at radius 1 is 1.56 bits per heavy atom. The van der Waals surface area contributed by atoms with Gasteiger partial charge in [-0.15, -0.1) is 17.3 Å². The van der Waals surface area contributed by atoms with Gasteiger partial charge < -0.3 is 0 Å². The second-order valence-corrected chi connectivity index (χ2v) is 4.23. The quantitative estimate of drug-likeness (QED) is 0.330. The number of alkyl halides is 1. The van der Waals surface area contributed by atoms with E-state index in [2.05, 4.69) is 18.7 Å². The fourth-order valence-corrected chi connectivity index (χ4v) is 1.92. The van der Waals surface area contributed by atoms with Crippen LogP contribution in [0.2, 0.25) is 6.04 Å². The molecule has 0 aromatic carbocycles. The average Bonchev–Trinajstić information content (AvgIpc) is 1.89. The van der Waals surface area contributed by atoms with Crippen LogP contribution in [0.4, 0.5) is 0 Å². The first-order valence-electron chi connectivity index (χ1n) is 3.62. The summed E-state index contributed by atoms with van der Waals surface area (Å²) in [5.74, 6) is 0.850. The Kier molecular flexibility index (Phi) is 8.47. The van der Waals surface area contributed by atoms with Crippen molar-refractivity contribution in [1.82, 2.24) is 0 Å². The summed E-state index contributed by atoms with van der Waals surface area (Å²) in [5, 5.41) is 0. The summed E-state index contributed by atoms with van der Waals surface area (Å²) in [6.07, 6.45) is 4.81. The minimum atomic E-state index is 0.0785. The third kappa shape index (κ3) is 8.25. The van der Waals surface area contributed by atoms with Crippen LogP contribution in [0.15, 0.2) is 11.8 Å². The van der Waals surface area contributed by atoms with Crippen molar-refractivity contribution in [3.63, 3.8) is 0 Å². The molecule has 54 valence electrons. The maximum absolute atomic E-state index is 5.52. The van der Waals surface area contributed by atoms with E-state index in [0.29, 0.717) is 0 Å². The Morgan fingerprint density at radius 3 is 2.89 bits per heavy atom. The van der Waals surface area contributed by atoms with Gasteiger partial charge in [-0.05, 0) is 12.5 Å². The highest BCUT2D eigenvalue weighted by Gasteiger charge is 1.78. The van der Waals surface area contributed by atoms with E-state index in [1.54, 1.807) is 0 Å². The summed E-state index contributed by atoms with van der Waals surface area (Å²) in [6, 6.07) is 1.25. The average molecular weight is 163 g/mol. The molecule has 0 atom stereocenters. The normalized spacial score (nSPS) is 12.2. The van der Waals surface area contributed by atoms with Crippen molar-refractivity contribution in [2.75, 3.05) is 5.88 Å². The number of halogens is 1. The van der Waals surface area contributed by atoms with Gasteiger partial charge in [0.2, 0.25) is 0 Å². The van der Waals surface area contributed by atoms with E-state index in [1.807, 2.05) is 0 Å². The molecule has 0 saturated carbocycles. The Morgan fingerprint density at radius 2 is 2.33 bits per heavy atom. The second kappa shape index (κ2) is 8.25. The first kappa shape index (κ1) is 9.25. The molecule has 0 aliphatic heterocycles. The van der Waals surface area contributed by atoms with Gasteiger partial charge in [0.1, 0.15) is 0 Å². The molecule has 0 amide bonds. The zero-order valence-electron chi connectivity index (χ0n) is 6.07. The van der Waals surface area contributed by atoms with Crippen molar-refractivity contribution in [3.8, 4) is 0 Å². The van der Waals surface area contributed by atoms with Crippen LogP contribution in [0.5, 0.6) is 0 Å². The third-order valence-corrected chi connectivity index (χ3v) is 3.27. The van der Waals surface area contributed by atoms with Gasteiger partial charge in [-0.3, -0.25) is 0 Å². The first-order valence-corrected chi connectivity index (χ1v) is 5.98. The van der Waals surface area contributed by atoms with Crippen LogP contribution in [0, 0.1) is 0 Å². The molecule has 0 nitrogen and oxygen atoms in total. The van der Waals surface area contributed by atoms with E-state index in [1.165, 1.54) is 18.9 Å². The molecule has 9 heavy (non-hydrogen) atoms. The lowest BCUT2D eigenvalue weighted by molar-refractivity contribution is 0.960. The Balaban J connectivity index is 2.86. The fourth-order valence-electron chi connectivity index (χ4n) is 0.597. The number of hydrogen-bond donors (Lipinski definition) is 0. The molecular formula is C7H15ClSi.